The molecule has 0 bridgehead atoms. The molecule has 2 N–H and O–H groups in total. The molecule has 0 spiro atoms. The Labute approximate surface area is 115 Å². The molecule has 0 aliphatic heterocycles. The molecule has 0 fully saturated rings. The van der Waals surface area contributed by atoms with E-state index in [4.69, 9.17) is 4.42 Å². The molecule has 0 aliphatic rings. The molecule has 2 rings (SSSR count). The number of nitrogens with zero attached hydrogens (tertiary/aromatic N) is 2. The molecule has 0 unspecified atom stereocenters. The summed E-state index contributed by atoms with van der Waals surface area (Å²) in [7, 11) is 3.80. The number of H-pyrrole nitrogens is 1. The highest BCUT2D eigenvalue weighted by molar-refractivity contribution is 5.91. The molecule has 2 aromatic rings. The first kappa shape index (κ1) is 14.0. The number of amides is 1. The Hall–Kier alpha value is -2.41. The van der Waals surface area contributed by atoms with Crippen molar-refractivity contribution >= 4 is 5.91 Å². The van der Waals surface area contributed by atoms with Crippen LogP contribution in [0.15, 0.2) is 39.7 Å². The molecule has 0 saturated heterocycles. The van der Waals surface area contributed by atoms with Crippen LogP contribution in [-0.4, -0.2) is 41.6 Å². The minimum absolute atomic E-state index is 0.0725. The average Bonchev–Trinajstić information content (AvgIpc) is 2.93. The van der Waals surface area contributed by atoms with Gasteiger partial charge in [0.2, 0.25) is 0 Å². The lowest BCUT2D eigenvalue weighted by molar-refractivity contribution is 0.0933. The number of carbonyl (C=O) groups is 1. The molecule has 20 heavy (non-hydrogen) atoms. The van der Waals surface area contributed by atoms with Gasteiger partial charge in [-0.05, 0) is 32.3 Å². The fourth-order valence-electron chi connectivity index (χ4n) is 1.77. The van der Waals surface area contributed by atoms with Crippen molar-refractivity contribution in [3.05, 3.63) is 52.3 Å². The highest BCUT2D eigenvalue weighted by Gasteiger charge is 2.18. The molecule has 0 aromatic carbocycles. The van der Waals surface area contributed by atoms with Crippen molar-refractivity contribution in [2.45, 2.75) is 6.04 Å². The number of aromatic amines is 1. The summed E-state index contributed by atoms with van der Waals surface area (Å²) >= 11 is 0. The van der Waals surface area contributed by atoms with E-state index in [1.807, 2.05) is 25.1 Å². The summed E-state index contributed by atoms with van der Waals surface area (Å²) in [6, 6.07) is 6.23. The lowest BCUT2D eigenvalue weighted by Crippen LogP contribution is -2.35. The second-order valence-corrected chi connectivity index (χ2v) is 4.51. The van der Waals surface area contributed by atoms with Gasteiger partial charge in [-0.3, -0.25) is 14.5 Å². The van der Waals surface area contributed by atoms with E-state index in [-0.39, 0.29) is 23.2 Å². The first-order valence-electron chi connectivity index (χ1n) is 6.11. The maximum atomic E-state index is 11.9. The van der Waals surface area contributed by atoms with Crippen LogP contribution in [0.5, 0.6) is 0 Å². The molecule has 7 heteroatoms. The number of carbonyl (C=O) groups excluding carboxylic acids is 1. The van der Waals surface area contributed by atoms with Crippen molar-refractivity contribution in [3.63, 3.8) is 0 Å². The summed E-state index contributed by atoms with van der Waals surface area (Å²) in [4.78, 5) is 24.7. The SMILES string of the molecule is CN(C)[C@H](CNC(=O)c1ccc(=O)[nH]n1)c1ccco1. The predicted molar refractivity (Wildman–Crippen MR) is 72.3 cm³/mol. The third-order valence-electron chi connectivity index (χ3n) is 2.86. The largest absolute Gasteiger partial charge is 0.468 e. The van der Waals surface area contributed by atoms with Crippen LogP contribution in [0.4, 0.5) is 0 Å². The van der Waals surface area contributed by atoms with Gasteiger partial charge in [0.15, 0.2) is 0 Å². The Morgan fingerprint density at radius 3 is 2.80 bits per heavy atom. The van der Waals surface area contributed by atoms with Crippen LogP contribution in [0.2, 0.25) is 0 Å². The quantitative estimate of drug-likeness (QED) is 0.824. The van der Waals surface area contributed by atoms with E-state index in [0.717, 1.165) is 5.76 Å². The molecule has 1 amide bonds. The first-order chi connectivity index (χ1) is 9.58. The number of rotatable bonds is 5. The fourth-order valence-corrected chi connectivity index (χ4v) is 1.77. The predicted octanol–water partition coefficient (Wildman–Crippen LogP) is 0.396. The molecular formula is C13H16N4O3. The Morgan fingerprint density at radius 1 is 1.45 bits per heavy atom. The summed E-state index contributed by atoms with van der Waals surface area (Å²) in [5.74, 6) is 0.421. The van der Waals surface area contributed by atoms with Gasteiger partial charge in [0, 0.05) is 12.6 Å². The molecule has 0 saturated carbocycles. The van der Waals surface area contributed by atoms with Gasteiger partial charge < -0.3 is 9.73 Å². The first-order valence-corrected chi connectivity index (χ1v) is 6.11. The zero-order chi connectivity index (χ0) is 14.5. The van der Waals surface area contributed by atoms with E-state index in [1.54, 1.807) is 12.3 Å². The van der Waals surface area contributed by atoms with Crippen molar-refractivity contribution in [3.8, 4) is 0 Å². The topological polar surface area (TPSA) is 91.2 Å². The maximum Gasteiger partial charge on any atom is 0.271 e. The Morgan fingerprint density at radius 2 is 2.25 bits per heavy atom. The normalized spacial score (nSPS) is 12.3. The van der Waals surface area contributed by atoms with Crippen LogP contribution in [0.1, 0.15) is 22.3 Å². The van der Waals surface area contributed by atoms with Gasteiger partial charge in [0.1, 0.15) is 11.5 Å². The zero-order valence-electron chi connectivity index (χ0n) is 11.3. The molecule has 1 atom stereocenters. The van der Waals surface area contributed by atoms with Gasteiger partial charge in [0.05, 0.1) is 12.3 Å². The van der Waals surface area contributed by atoms with Crippen LogP contribution in [0.25, 0.3) is 0 Å². The van der Waals surface area contributed by atoms with Crippen LogP contribution in [-0.2, 0) is 0 Å². The number of likely N-dealkylation sites (N-methyl/N-ethyl adjacent to an activating group) is 1. The van der Waals surface area contributed by atoms with Crippen molar-refractivity contribution in [1.29, 1.82) is 0 Å². The summed E-state index contributed by atoms with van der Waals surface area (Å²) in [5.41, 5.74) is -0.176. The van der Waals surface area contributed by atoms with Crippen molar-refractivity contribution in [2.24, 2.45) is 0 Å². The van der Waals surface area contributed by atoms with Crippen LogP contribution in [0, 0.1) is 0 Å². The summed E-state index contributed by atoms with van der Waals surface area (Å²) in [6.07, 6.45) is 1.59. The smallest absolute Gasteiger partial charge is 0.271 e. The van der Waals surface area contributed by atoms with Gasteiger partial charge in [-0.1, -0.05) is 0 Å². The van der Waals surface area contributed by atoms with E-state index >= 15 is 0 Å². The molecule has 0 aliphatic carbocycles. The second-order valence-electron chi connectivity index (χ2n) is 4.51. The van der Waals surface area contributed by atoms with E-state index < -0.39 is 0 Å². The number of aromatic nitrogens is 2. The molecule has 2 aromatic heterocycles. The van der Waals surface area contributed by atoms with Gasteiger partial charge in [0.25, 0.3) is 11.5 Å². The minimum atomic E-state index is -0.348. The fraction of sp³-hybridized carbons (Fsp3) is 0.308. The number of furan rings is 1. The standard InChI is InChI=1S/C13H16N4O3/c1-17(2)10(11-4-3-7-20-11)8-14-13(19)9-5-6-12(18)16-15-9/h3-7,10H,8H2,1-2H3,(H,14,19)(H,16,18)/t10-/m1/s1. The molecule has 106 valence electrons. The monoisotopic (exact) mass is 276 g/mol. The van der Waals surface area contributed by atoms with E-state index in [9.17, 15) is 9.59 Å². The van der Waals surface area contributed by atoms with Crippen LogP contribution in [0.3, 0.4) is 0 Å². The summed E-state index contributed by atoms with van der Waals surface area (Å²) in [5, 5.41) is 8.66. The maximum absolute atomic E-state index is 11.9. The van der Waals surface area contributed by atoms with E-state index in [0.29, 0.717) is 6.54 Å². The van der Waals surface area contributed by atoms with E-state index in [2.05, 4.69) is 15.5 Å². The summed E-state index contributed by atoms with van der Waals surface area (Å²) in [6.45, 7) is 0.375. The molecular weight excluding hydrogens is 260 g/mol. The number of hydrogen-bond acceptors (Lipinski definition) is 5. The minimum Gasteiger partial charge on any atom is -0.468 e. The Balaban J connectivity index is 2.01. The third-order valence-corrected chi connectivity index (χ3v) is 2.86. The molecule has 2 heterocycles. The van der Waals surface area contributed by atoms with Gasteiger partial charge in [-0.15, -0.1) is 0 Å². The summed E-state index contributed by atoms with van der Waals surface area (Å²) < 4.78 is 5.35. The third kappa shape index (κ3) is 3.33. The lowest BCUT2D eigenvalue weighted by atomic mass is 10.2. The Kier molecular flexibility index (Phi) is 4.31. The zero-order valence-corrected chi connectivity index (χ0v) is 11.3. The second kappa shape index (κ2) is 6.16. The number of nitrogens with one attached hydrogen (secondary N) is 2. The van der Waals surface area contributed by atoms with Gasteiger partial charge >= 0.3 is 0 Å². The highest BCUT2D eigenvalue weighted by Crippen LogP contribution is 2.17. The Bertz CT molecular complexity index is 598. The van der Waals surface area contributed by atoms with Crippen molar-refractivity contribution in [1.82, 2.24) is 20.4 Å². The van der Waals surface area contributed by atoms with Crippen LogP contribution < -0.4 is 10.9 Å². The highest BCUT2D eigenvalue weighted by atomic mass is 16.3. The van der Waals surface area contributed by atoms with Crippen molar-refractivity contribution in [2.75, 3.05) is 20.6 Å². The van der Waals surface area contributed by atoms with Crippen LogP contribution >= 0.6 is 0 Å². The lowest BCUT2D eigenvalue weighted by Gasteiger charge is -2.22. The van der Waals surface area contributed by atoms with Gasteiger partial charge in [-0.25, -0.2) is 5.10 Å². The van der Waals surface area contributed by atoms with Gasteiger partial charge in [-0.2, -0.15) is 5.10 Å². The molecule has 0 radical (unpaired) electrons. The van der Waals surface area contributed by atoms with Crippen molar-refractivity contribution < 1.29 is 9.21 Å². The molecule has 7 nitrogen and oxygen atoms in total. The van der Waals surface area contributed by atoms with E-state index in [1.165, 1.54) is 12.1 Å². The average molecular weight is 276 g/mol. The number of hydrogen-bond donors (Lipinski definition) is 2.